The smallest absolute Gasteiger partial charge is 0.240 e. The van der Waals surface area contributed by atoms with Gasteiger partial charge in [0.05, 0.1) is 25.2 Å². The number of amides is 2. The van der Waals surface area contributed by atoms with Gasteiger partial charge >= 0.3 is 0 Å². The van der Waals surface area contributed by atoms with Crippen molar-refractivity contribution in [2.45, 2.75) is 31.4 Å². The standard InChI is InChI=1S/C13H23N3O4.ClH/c17-6-4-15-12(18)8-11-13(19)16(5-3-14-11)9-10-2-1-7-20-10;/h10-11,14,17H,1-9H2,(H,15,18);1H. The average Bonchev–Trinajstić information content (AvgIpc) is 2.94. The number of nitrogens with one attached hydrogen (secondary N) is 2. The van der Waals surface area contributed by atoms with Crippen LogP contribution in [0.25, 0.3) is 0 Å². The Morgan fingerprint density at radius 1 is 1.52 bits per heavy atom. The maximum absolute atomic E-state index is 12.3. The van der Waals surface area contributed by atoms with Crippen molar-refractivity contribution < 1.29 is 19.4 Å². The van der Waals surface area contributed by atoms with E-state index in [1.54, 1.807) is 4.90 Å². The number of hydrogen-bond donors (Lipinski definition) is 3. The molecule has 0 aliphatic carbocycles. The van der Waals surface area contributed by atoms with Crippen LogP contribution in [-0.2, 0) is 14.3 Å². The average molecular weight is 322 g/mol. The van der Waals surface area contributed by atoms with Gasteiger partial charge in [0.2, 0.25) is 11.8 Å². The summed E-state index contributed by atoms with van der Waals surface area (Å²) in [6.07, 6.45) is 2.30. The van der Waals surface area contributed by atoms with Crippen molar-refractivity contribution in [2.75, 3.05) is 39.4 Å². The Morgan fingerprint density at radius 2 is 2.33 bits per heavy atom. The van der Waals surface area contributed by atoms with Gasteiger partial charge in [-0.15, -0.1) is 12.4 Å². The molecule has 0 spiro atoms. The number of hydrogen-bond acceptors (Lipinski definition) is 5. The van der Waals surface area contributed by atoms with Gasteiger partial charge in [-0.05, 0) is 12.8 Å². The molecule has 2 heterocycles. The van der Waals surface area contributed by atoms with E-state index in [9.17, 15) is 9.59 Å². The highest BCUT2D eigenvalue weighted by molar-refractivity contribution is 5.88. The van der Waals surface area contributed by atoms with Gasteiger partial charge in [-0.1, -0.05) is 0 Å². The SMILES string of the molecule is Cl.O=C(CC1NCCN(CC2CCCO2)C1=O)NCCO. The van der Waals surface area contributed by atoms with Crippen LogP contribution >= 0.6 is 12.4 Å². The van der Waals surface area contributed by atoms with Crippen LogP contribution < -0.4 is 10.6 Å². The molecule has 8 heteroatoms. The summed E-state index contributed by atoms with van der Waals surface area (Å²) in [5.74, 6) is -0.255. The van der Waals surface area contributed by atoms with Crippen molar-refractivity contribution in [3.8, 4) is 0 Å². The van der Waals surface area contributed by atoms with E-state index >= 15 is 0 Å². The van der Waals surface area contributed by atoms with Gasteiger partial charge in [0.25, 0.3) is 0 Å². The molecule has 2 atom stereocenters. The third kappa shape index (κ3) is 5.43. The number of nitrogens with zero attached hydrogens (tertiary/aromatic N) is 1. The summed E-state index contributed by atoms with van der Waals surface area (Å²) in [5, 5.41) is 14.3. The largest absolute Gasteiger partial charge is 0.395 e. The van der Waals surface area contributed by atoms with E-state index < -0.39 is 6.04 Å². The lowest BCUT2D eigenvalue weighted by atomic mass is 10.1. The van der Waals surface area contributed by atoms with E-state index in [0.29, 0.717) is 19.6 Å². The monoisotopic (exact) mass is 321 g/mol. The van der Waals surface area contributed by atoms with Crippen molar-refractivity contribution in [1.82, 2.24) is 15.5 Å². The Balaban J connectivity index is 0.00000220. The zero-order valence-corrected chi connectivity index (χ0v) is 12.9. The molecular formula is C13H24ClN3O4. The molecule has 0 bridgehead atoms. The lowest BCUT2D eigenvalue weighted by Crippen LogP contribution is -2.57. The number of carbonyl (C=O) groups is 2. The number of piperazine rings is 1. The Kier molecular flexibility index (Phi) is 7.95. The summed E-state index contributed by atoms with van der Waals surface area (Å²) in [7, 11) is 0. The van der Waals surface area contributed by atoms with Gasteiger partial charge in [-0.25, -0.2) is 0 Å². The van der Waals surface area contributed by atoms with Crippen LogP contribution in [0.4, 0.5) is 0 Å². The fraction of sp³-hybridized carbons (Fsp3) is 0.846. The second kappa shape index (κ2) is 9.19. The lowest BCUT2D eigenvalue weighted by Gasteiger charge is -2.34. The molecule has 2 rings (SSSR count). The van der Waals surface area contributed by atoms with E-state index in [2.05, 4.69) is 10.6 Å². The Morgan fingerprint density at radius 3 is 3.00 bits per heavy atom. The van der Waals surface area contributed by atoms with Crippen molar-refractivity contribution >= 4 is 24.2 Å². The van der Waals surface area contributed by atoms with E-state index in [1.165, 1.54) is 0 Å². The second-order valence-electron chi connectivity index (χ2n) is 5.20. The summed E-state index contributed by atoms with van der Waals surface area (Å²) >= 11 is 0. The molecule has 2 aliphatic rings. The molecule has 3 N–H and O–H groups in total. The maximum atomic E-state index is 12.3. The first-order valence-corrected chi connectivity index (χ1v) is 7.22. The predicted octanol–water partition coefficient (Wildman–Crippen LogP) is -1.11. The van der Waals surface area contributed by atoms with Crippen LogP contribution in [0, 0.1) is 0 Å². The number of halogens is 1. The topological polar surface area (TPSA) is 90.9 Å². The fourth-order valence-electron chi connectivity index (χ4n) is 2.62. The van der Waals surface area contributed by atoms with Crippen molar-refractivity contribution in [2.24, 2.45) is 0 Å². The number of carbonyl (C=O) groups excluding carboxylic acids is 2. The van der Waals surface area contributed by atoms with Gasteiger partial charge in [0, 0.05) is 32.8 Å². The molecule has 0 aromatic rings. The number of ether oxygens (including phenoxy) is 1. The maximum Gasteiger partial charge on any atom is 0.240 e. The minimum atomic E-state index is -0.469. The predicted molar refractivity (Wildman–Crippen MR) is 79.3 cm³/mol. The molecule has 0 aromatic carbocycles. The number of aliphatic hydroxyl groups excluding tert-OH is 1. The minimum Gasteiger partial charge on any atom is -0.395 e. The molecule has 2 unspecified atom stereocenters. The van der Waals surface area contributed by atoms with E-state index in [-0.39, 0.29) is 49.9 Å². The van der Waals surface area contributed by atoms with Crippen molar-refractivity contribution in [3.05, 3.63) is 0 Å². The third-order valence-electron chi connectivity index (χ3n) is 3.65. The van der Waals surface area contributed by atoms with Crippen LogP contribution in [0.15, 0.2) is 0 Å². The van der Waals surface area contributed by atoms with Crippen LogP contribution in [0.1, 0.15) is 19.3 Å². The molecule has 2 fully saturated rings. The van der Waals surface area contributed by atoms with Gasteiger partial charge < -0.3 is 25.4 Å². The van der Waals surface area contributed by atoms with Crippen molar-refractivity contribution in [3.63, 3.8) is 0 Å². The Bertz CT molecular complexity index is 350. The summed E-state index contributed by atoms with van der Waals surface area (Å²) in [5.41, 5.74) is 0. The lowest BCUT2D eigenvalue weighted by molar-refractivity contribution is -0.139. The zero-order chi connectivity index (χ0) is 14.4. The first-order valence-electron chi connectivity index (χ1n) is 7.22. The molecule has 0 saturated carbocycles. The van der Waals surface area contributed by atoms with Gasteiger partial charge in [-0.2, -0.15) is 0 Å². The summed E-state index contributed by atoms with van der Waals surface area (Å²) < 4.78 is 5.55. The van der Waals surface area contributed by atoms with E-state index in [1.807, 2.05) is 0 Å². The molecule has 2 amide bonds. The quantitative estimate of drug-likeness (QED) is 0.577. The number of rotatable bonds is 6. The van der Waals surface area contributed by atoms with Crippen molar-refractivity contribution in [1.29, 1.82) is 0 Å². The van der Waals surface area contributed by atoms with E-state index in [4.69, 9.17) is 9.84 Å². The van der Waals surface area contributed by atoms with Crippen LogP contribution in [-0.4, -0.2) is 73.4 Å². The number of aliphatic hydroxyl groups is 1. The fourth-order valence-corrected chi connectivity index (χ4v) is 2.62. The molecule has 0 radical (unpaired) electrons. The highest BCUT2D eigenvalue weighted by Crippen LogP contribution is 2.15. The summed E-state index contributed by atoms with van der Waals surface area (Å²) in [4.78, 5) is 25.7. The van der Waals surface area contributed by atoms with Crippen LogP contribution in [0.5, 0.6) is 0 Å². The normalized spacial score (nSPS) is 25.6. The third-order valence-corrected chi connectivity index (χ3v) is 3.65. The Labute approximate surface area is 130 Å². The van der Waals surface area contributed by atoms with Gasteiger partial charge in [-0.3, -0.25) is 9.59 Å². The molecule has 122 valence electrons. The first kappa shape index (κ1) is 18.2. The second-order valence-corrected chi connectivity index (χ2v) is 5.20. The van der Waals surface area contributed by atoms with E-state index in [0.717, 1.165) is 19.4 Å². The minimum absolute atomic E-state index is 0. The highest BCUT2D eigenvalue weighted by atomic mass is 35.5. The molecule has 21 heavy (non-hydrogen) atoms. The molecule has 7 nitrogen and oxygen atoms in total. The highest BCUT2D eigenvalue weighted by Gasteiger charge is 2.32. The van der Waals surface area contributed by atoms with Crippen LogP contribution in [0.2, 0.25) is 0 Å². The summed E-state index contributed by atoms with van der Waals surface area (Å²) in [6.45, 7) is 2.87. The van der Waals surface area contributed by atoms with Gasteiger partial charge in [0.15, 0.2) is 0 Å². The zero-order valence-electron chi connectivity index (χ0n) is 12.0. The summed E-state index contributed by atoms with van der Waals surface area (Å²) in [6, 6.07) is -0.469. The molecule has 0 aromatic heterocycles. The first-order chi connectivity index (χ1) is 9.70. The Hall–Kier alpha value is -0.890. The van der Waals surface area contributed by atoms with Crippen LogP contribution in [0.3, 0.4) is 0 Å². The molecule has 2 saturated heterocycles. The molecule has 2 aliphatic heterocycles. The molecular weight excluding hydrogens is 298 g/mol. The van der Waals surface area contributed by atoms with Gasteiger partial charge in [0.1, 0.15) is 0 Å².